The fourth-order valence-electron chi connectivity index (χ4n) is 0.880. The van der Waals surface area contributed by atoms with E-state index in [1.165, 1.54) is 13.2 Å². The minimum atomic E-state index is -4.74. The molecule has 0 aliphatic carbocycles. The highest BCUT2D eigenvalue weighted by atomic mass is 127. The van der Waals surface area contributed by atoms with Gasteiger partial charge in [-0.25, -0.2) is 0 Å². The Morgan fingerprint density at radius 1 is 1.40 bits per heavy atom. The highest BCUT2D eigenvalue weighted by molar-refractivity contribution is 14.1. The topological polar surface area (TPSA) is 31.4 Å². The highest BCUT2D eigenvalue weighted by Crippen LogP contribution is 2.30. The zero-order valence-corrected chi connectivity index (χ0v) is 10.0. The number of aromatic nitrogens is 1. The molecular formula is C8H7F3INO2. The quantitative estimate of drug-likeness (QED) is 0.780. The third kappa shape index (κ3) is 3.40. The first-order valence-electron chi connectivity index (χ1n) is 3.80. The van der Waals surface area contributed by atoms with E-state index >= 15 is 0 Å². The van der Waals surface area contributed by atoms with E-state index in [2.05, 4.69) is 9.72 Å². The largest absolute Gasteiger partial charge is 0.574 e. The standard InChI is InChI=1S/C8H7F3INO2/c1-4-3-5(14-2)13-7(6(4)12)15-8(9,10)11/h3H,1-2H3. The average molecular weight is 333 g/mol. The van der Waals surface area contributed by atoms with Crippen molar-refractivity contribution in [3.8, 4) is 11.8 Å². The smallest absolute Gasteiger partial charge is 0.481 e. The minimum absolute atomic E-state index is 0.0900. The summed E-state index contributed by atoms with van der Waals surface area (Å²) in [5, 5.41) is 0. The van der Waals surface area contributed by atoms with Crippen LogP contribution >= 0.6 is 22.6 Å². The van der Waals surface area contributed by atoms with Gasteiger partial charge in [-0.15, -0.1) is 13.2 Å². The molecule has 0 radical (unpaired) electrons. The maximum Gasteiger partial charge on any atom is 0.574 e. The van der Waals surface area contributed by atoms with Crippen LogP contribution in [0.5, 0.6) is 11.8 Å². The number of pyridine rings is 1. The van der Waals surface area contributed by atoms with Crippen molar-refractivity contribution in [2.75, 3.05) is 7.11 Å². The average Bonchev–Trinajstić information content (AvgIpc) is 2.10. The lowest BCUT2D eigenvalue weighted by molar-refractivity contribution is -0.276. The van der Waals surface area contributed by atoms with Crippen molar-refractivity contribution in [2.45, 2.75) is 13.3 Å². The van der Waals surface area contributed by atoms with Gasteiger partial charge < -0.3 is 9.47 Å². The van der Waals surface area contributed by atoms with Gasteiger partial charge >= 0.3 is 6.36 Å². The summed E-state index contributed by atoms with van der Waals surface area (Å²) in [5.41, 5.74) is 0.613. The lowest BCUT2D eigenvalue weighted by atomic mass is 10.3. The fraction of sp³-hybridized carbons (Fsp3) is 0.375. The van der Waals surface area contributed by atoms with E-state index in [-0.39, 0.29) is 5.88 Å². The molecule has 0 aliphatic rings. The summed E-state index contributed by atoms with van der Waals surface area (Å²) in [7, 11) is 1.33. The SMILES string of the molecule is COc1cc(C)c(I)c(OC(F)(F)F)n1. The molecule has 7 heteroatoms. The Morgan fingerprint density at radius 3 is 2.47 bits per heavy atom. The van der Waals surface area contributed by atoms with Crippen LogP contribution in [0.3, 0.4) is 0 Å². The van der Waals surface area contributed by atoms with Crippen molar-refractivity contribution in [3.63, 3.8) is 0 Å². The third-order valence-corrected chi connectivity index (χ3v) is 2.82. The second kappa shape index (κ2) is 4.42. The number of ether oxygens (including phenoxy) is 2. The van der Waals surface area contributed by atoms with Crippen LogP contribution < -0.4 is 9.47 Å². The van der Waals surface area contributed by atoms with Gasteiger partial charge in [-0.3, -0.25) is 0 Å². The molecule has 0 aromatic carbocycles. The summed E-state index contributed by atoms with van der Waals surface area (Å²) >= 11 is 1.73. The van der Waals surface area contributed by atoms with Crippen molar-refractivity contribution < 1.29 is 22.6 Å². The van der Waals surface area contributed by atoms with Gasteiger partial charge in [0.2, 0.25) is 11.8 Å². The van der Waals surface area contributed by atoms with E-state index in [0.29, 0.717) is 9.13 Å². The van der Waals surface area contributed by atoms with Gasteiger partial charge in [-0.05, 0) is 35.1 Å². The maximum atomic E-state index is 12.0. The number of methoxy groups -OCH3 is 1. The van der Waals surface area contributed by atoms with Crippen molar-refractivity contribution in [1.82, 2.24) is 4.98 Å². The molecule has 1 aromatic rings. The van der Waals surface area contributed by atoms with Crippen LogP contribution in [0, 0.1) is 10.5 Å². The Labute approximate surface area is 97.7 Å². The van der Waals surface area contributed by atoms with E-state index < -0.39 is 12.2 Å². The molecule has 0 atom stereocenters. The molecule has 0 N–H and O–H groups in total. The zero-order chi connectivity index (χ0) is 11.6. The summed E-state index contributed by atoms with van der Waals surface area (Å²) in [6.07, 6.45) is -4.74. The summed E-state index contributed by atoms with van der Waals surface area (Å²) in [6, 6.07) is 1.53. The molecule has 0 amide bonds. The molecule has 0 saturated carbocycles. The van der Waals surface area contributed by atoms with E-state index in [1.54, 1.807) is 29.5 Å². The van der Waals surface area contributed by atoms with Crippen molar-refractivity contribution in [2.24, 2.45) is 0 Å². The van der Waals surface area contributed by atoms with Crippen LogP contribution in [0.15, 0.2) is 6.07 Å². The van der Waals surface area contributed by atoms with Gasteiger partial charge in [0.15, 0.2) is 0 Å². The molecule has 15 heavy (non-hydrogen) atoms. The Kier molecular flexibility index (Phi) is 3.63. The van der Waals surface area contributed by atoms with Gasteiger partial charge in [0.1, 0.15) is 0 Å². The normalized spacial score (nSPS) is 11.3. The molecule has 0 bridgehead atoms. The summed E-state index contributed by atoms with van der Waals surface area (Å²) < 4.78 is 44.8. The molecule has 1 rings (SSSR count). The number of halogens is 4. The molecule has 1 heterocycles. The van der Waals surface area contributed by atoms with Crippen molar-refractivity contribution in [1.29, 1.82) is 0 Å². The first-order chi connectivity index (χ1) is 6.83. The van der Waals surface area contributed by atoms with Crippen LogP contribution in [0.4, 0.5) is 13.2 Å². The van der Waals surface area contributed by atoms with Gasteiger partial charge in [0.05, 0.1) is 10.7 Å². The van der Waals surface area contributed by atoms with Crippen molar-refractivity contribution in [3.05, 3.63) is 15.2 Å². The Bertz CT molecular complexity index is 368. The Balaban J connectivity index is 3.11. The van der Waals surface area contributed by atoms with Crippen LogP contribution in [-0.2, 0) is 0 Å². The Morgan fingerprint density at radius 2 is 2.00 bits per heavy atom. The predicted molar refractivity (Wildman–Crippen MR) is 54.9 cm³/mol. The number of alkyl halides is 3. The van der Waals surface area contributed by atoms with Gasteiger partial charge in [-0.2, -0.15) is 4.98 Å². The number of hydrogen-bond donors (Lipinski definition) is 0. The van der Waals surface area contributed by atoms with E-state index in [1.807, 2.05) is 0 Å². The fourth-order valence-corrected chi connectivity index (χ4v) is 1.27. The lowest BCUT2D eigenvalue weighted by Gasteiger charge is -2.11. The van der Waals surface area contributed by atoms with E-state index in [4.69, 9.17) is 4.74 Å². The molecule has 0 aliphatic heterocycles. The molecule has 0 unspecified atom stereocenters. The Hall–Kier alpha value is -0.730. The lowest BCUT2D eigenvalue weighted by Crippen LogP contribution is -2.19. The first-order valence-corrected chi connectivity index (χ1v) is 4.88. The monoisotopic (exact) mass is 333 g/mol. The van der Waals surface area contributed by atoms with Crippen LogP contribution in [0.2, 0.25) is 0 Å². The molecule has 1 aromatic heterocycles. The molecular weight excluding hydrogens is 326 g/mol. The third-order valence-electron chi connectivity index (χ3n) is 1.51. The molecule has 84 valence electrons. The van der Waals surface area contributed by atoms with Gasteiger partial charge in [0.25, 0.3) is 0 Å². The second-order valence-corrected chi connectivity index (χ2v) is 3.73. The van der Waals surface area contributed by atoms with Gasteiger partial charge in [-0.1, -0.05) is 0 Å². The molecule has 0 fully saturated rings. The minimum Gasteiger partial charge on any atom is -0.481 e. The van der Waals surface area contributed by atoms with Gasteiger partial charge in [0, 0.05) is 6.07 Å². The molecule has 0 saturated heterocycles. The highest BCUT2D eigenvalue weighted by Gasteiger charge is 2.33. The number of nitrogens with zero attached hydrogens (tertiary/aromatic N) is 1. The van der Waals surface area contributed by atoms with Crippen LogP contribution in [0.1, 0.15) is 5.56 Å². The van der Waals surface area contributed by atoms with Crippen molar-refractivity contribution >= 4 is 22.6 Å². The van der Waals surface area contributed by atoms with E-state index in [9.17, 15) is 13.2 Å². The first kappa shape index (κ1) is 12.3. The zero-order valence-electron chi connectivity index (χ0n) is 7.85. The predicted octanol–water partition coefficient (Wildman–Crippen LogP) is 2.90. The van der Waals surface area contributed by atoms with E-state index in [0.717, 1.165) is 0 Å². The maximum absolute atomic E-state index is 12.0. The summed E-state index contributed by atoms with van der Waals surface area (Å²) in [5.74, 6) is -0.396. The number of rotatable bonds is 2. The molecule has 0 spiro atoms. The number of hydrogen-bond acceptors (Lipinski definition) is 3. The summed E-state index contributed by atoms with van der Waals surface area (Å²) in [4.78, 5) is 3.57. The summed E-state index contributed by atoms with van der Waals surface area (Å²) in [6.45, 7) is 1.65. The molecule has 3 nitrogen and oxygen atoms in total. The van der Waals surface area contributed by atoms with Crippen LogP contribution in [-0.4, -0.2) is 18.5 Å². The van der Waals surface area contributed by atoms with Crippen LogP contribution in [0.25, 0.3) is 0 Å². The number of aryl methyl sites for hydroxylation is 1. The second-order valence-electron chi connectivity index (χ2n) is 2.65.